The lowest BCUT2D eigenvalue weighted by Gasteiger charge is -2.29. The summed E-state index contributed by atoms with van der Waals surface area (Å²) < 4.78 is 2.09. The lowest BCUT2D eigenvalue weighted by atomic mass is 10.1. The van der Waals surface area contributed by atoms with Crippen LogP contribution in [-0.2, 0) is 13.1 Å². The van der Waals surface area contributed by atoms with Crippen LogP contribution in [0, 0.1) is 6.92 Å². The van der Waals surface area contributed by atoms with E-state index in [0.717, 1.165) is 37.3 Å². The van der Waals surface area contributed by atoms with Crippen LogP contribution in [0.25, 0.3) is 0 Å². The summed E-state index contributed by atoms with van der Waals surface area (Å²) >= 11 is 0. The van der Waals surface area contributed by atoms with Crippen molar-refractivity contribution in [2.24, 2.45) is 0 Å². The van der Waals surface area contributed by atoms with E-state index in [1.165, 1.54) is 11.4 Å². The van der Waals surface area contributed by atoms with Crippen LogP contribution >= 0.6 is 0 Å². The Balaban J connectivity index is 1.41. The molecule has 144 valence electrons. The molecule has 0 saturated heterocycles. The van der Waals surface area contributed by atoms with Crippen LogP contribution in [0.4, 0.5) is 5.82 Å². The fraction of sp³-hybridized carbons (Fsp3) is 0.304. The second-order valence-corrected chi connectivity index (χ2v) is 7.44. The number of amides is 1. The van der Waals surface area contributed by atoms with E-state index >= 15 is 0 Å². The minimum absolute atomic E-state index is 0.0229. The van der Waals surface area contributed by atoms with Gasteiger partial charge in [0.1, 0.15) is 5.82 Å². The van der Waals surface area contributed by atoms with E-state index < -0.39 is 0 Å². The van der Waals surface area contributed by atoms with Crippen LogP contribution in [0.2, 0.25) is 0 Å². The topological polar surface area (TPSA) is 50.2 Å². The van der Waals surface area contributed by atoms with Crippen molar-refractivity contribution in [1.82, 2.24) is 15.1 Å². The van der Waals surface area contributed by atoms with Crippen LogP contribution in [0.15, 0.2) is 60.7 Å². The number of aryl methyl sites for hydroxylation is 2. The van der Waals surface area contributed by atoms with Gasteiger partial charge in [0.15, 0.2) is 0 Å². The van der Waals surface area contributed by atoms with Gasteiger partial charge in [0.25, 0.3) is 5.91 Å². The van der Waals surface area contributed by atoms with Gasteiger partial charge in [0, 0.05) is 31.3 Å². The lowest BCUT2D eigenvalue weighted by molar-refractivity contribution is 0.0940. The highest BCUT2D eigenvalue weighted by atomic mass is 16.1. The van der Waals surface area contributed by atoms with Gasteiger partial charge in [-0.1, -0.05) is 42.5 Å². The maximum Gasteiger partial charge on any atom is 0.251 e. The van der Waals surface area contributed by atoms with Crippen molar-refractivity contribution >= 4 is 11.7 Å². The van der Waals surface area contributed by atoms with Crippen LogP contribution in [0.3, 0.4) is 0 Å². The van der Waals surface area contributed by atoms with Gasteiger partial charge >= 0.3 is 0 Å². The zero-order chi connectivity index (χ0) is 19.5. The number of hydrogen-bond acceptors (Lipinski definition) is 3. The van der Waals surface area contributed by atoms with Gasteiger partial charge in [0.05, 0.1) is 11.7 Å². The third-order valence-corrected chi connectivity index (χ3v) is 5.24. The number of fused-ring (bicyclic) bond motifs is 1. The molecule has 0 fully saturated rings. The molecule has 1 aromatic heterocycles. The average Bonchev–Trinajstić information content (AvgIpc) is 3.10. The molecule has 28 heavy (non-hydrogen) atoms. The Morgan fingerprint density at radius 2 is 1.86 bits per heavy atom. The maximum absolute atomic E-state index is 12.6. The Labute approximate surface area is 166 Å². The Hall–Kier alpha value is -3.08. The van der Waals surface area contributed by atoms with Gasteiger partial charge in [-0.25, -0.2) is 4.68 Å². The minimum Gasteiger partial charge on any atom is -0.352 e. The van der Waals surface area contributed by atoms with Crippen molar-refractivity contribution in [3.05, 3.63) is 83.0 Å². The molecule has 0 radical (unpaired) electrons. The smallest absolute Gasteiger partial charge is 0.251 e. The number of carbonyl (C=O) groups excluding carboxylic acids is 1. The standard InChI is InChI=1S/C23H26N4O/c1-17-15-22-26(13-6-14-27(22)25-17)16-19-9-11-21(12-10-19)23(28)24-18(2)20-7-4-3-5-8-20/h3-5,7-12,15,18H,6,13-14,16H2,1-2H3,(H,24,28)/t18-/m0/s1. The second-order valence-electron chi connectivity index (χ2n) is 7.44. The molecule has 1 aliphatic rings. The molecule has 4 rings (SSSR count). The highest BCUT2D eigenvalue weighted by Gasteiger charge is 2.19. The van der Waals surface area contributed by atoms with Gasteiger partial charge in [-0.15, -0.1) is 0 Å². The molecular formula is C23H26N4O. The fourth-order valence-corrected chi connectivity index (χ4v) is 3.72. The van der Waals surface area contributed by atoms with Crippen molar-refractivity contribution < 1.29 is 4.79 Å². The van der Waals surface area contributed by atoms with E-state index in [4.69, 9.17) is 0 Å². The predicted octanol–water partition coefficient (Wildman–Crippen LogP) is 4.09. The number of anilines is 1. The van der Waals surface area contributed by atoms with Crippen molar-refractivity contribution in [1.29, 1.82) is 0 Å². The largest absolute Gasteiger partial charge is 0.352 e. The molecule has 5 nitrogen and oxygen atoms in total. The van der Waals surface area contributed by atoms with Gasteiger partial charge in [-0.3, -0.25) is 4.79 Å². The molecule has 1 N–H and O–H groups in total. The predicted molar refractivity (Wildman–Crippen MR) is 111 cm³/mol. The Bertz CT molecular complexity index is 946. The van der Waals surface area contributed by atoms with Crippen LogP contribution < -0.4 is 10.2 Å². The van der Waals surface area contributed by atoms with Gasteiger partial charge in [-0.2, -0.15) is 5.10 Å². The third-order valence-electron chi connectivity index (χ3n) is 5.24. The Morgan fingerprint density at radius 1 is 1.11 bits per heavy atom. The highest BCUT2D eigenvalue weighted by molar-refractivity contribution is 5.94. The zero-order valence-electron chi connectivity index (χ0n) is 16.4. The molecule has 0 unspecified atom stereocenters. The van der Waals surface area contributed by atoms with Crippen molar-refractivity contribution in [2.45, 2.75) is 39.4 Å². The molecule has 0 aliphatic carbocycles. The molecule has 1 atom stereocenters. The number of carbonyl (C=O) groups is 1. The van der Waals surface area contributed by atoms with E-state index in [0.29, 0.717) is 5.56 Å². The van der Waals surface area contributed by atoms with E-state index in [9.17, 15) is 4.79 Å². The van der Waals surface area contributed by atoms with E-state index in [-0.39, 0.29) is 11.9 Å². The number of hydrogen-bond donors (Lipinski definition) is 1. The van der Waals surface area contributed by atoms with Gasteiger partial charge in [0.2, 0.25) is 0 Å². The monoisotopic (exact) mass is 374 g/mol. The normalized spacial score (nSPS) is 14.4. The number of rotatable bonds is 5. The summed E-state index contributed by atoms with van der Waals surface area (Å²) in [7, 11) is 0. The van der Waals surface area contributed by atoms with Crippen molar-refractivity contribution in [3.8, 4) is 0 Å². The molecule has 2 heterocycles. The molecule has 2 aromatic carbocycles. The number of nitrogens with one attached hydrogen (secondary N) is 1. The van der Waals surface area contributed by atoms with Crippen LogP contribution in [0.5, 0.6) is 0 Å². The number of aromatic nitrogens is 2. The first kappa shape index (κ1) is 18.3. The zero-order valence-corrected chi connectivity index (χ0v) is 16.4. The SMILES string of the molecule is Cc1cc2n(n1)CCCN2Cc1ccc(C(=O)N[C@@H](C)c2ccccc2)cc1. The average molecular weight is 374 g/mol. The highest BCUT2D eigenvalue weighted by Crippen LogP contribution is 2.23. The van der Waals surface area contributed by atoms with Crippen molar-refractivity contribution in [3.63, 3.8) is 0 Å². The lowest BCUT2D eigenvalue weighted by Crippen LogP contribution is -2.31. The van der Waals surface area contributed by atoms with E-state index in [2.05, 4.69) is 26.1 Å². The van der Waals surface area contributed by atoms with Crippen LogP contribution in [-0.4, -0.2) is 22.2 Å². The summed E-state index contributed by atoms with van der Waals surface area (Å²) in [6.07, 6.45) is 1.10. The molecule has 3 aromatic rings. The number of nitrogens with zero attached hydrogens (tertiary/aromatic N) is 3. The molecular weight excluding hydrogens is 348 g/mol. The van der Waals surface area contributed by atoms with Crippen LogP contribution in [0.1, 0.15) is 46.6 Å². The third kappa shape index (κ3) is 3.93. The molecule has 0 saturated carbocycles. The molecule has 5 heteroatoms. The first-order valence-electron chi connectivity index (χ1n) is 9.84. The first-order valence-corrected chi connectivity index (χ1v) is 9.84. The molecule has 1 amide bonds. The van der Waals surface area contributed by atoms with Crippen molar-refractivity contribution in [2.75, 3.05) is 11.4 Å². The molecule has 0 bridgehead atoms. The Kier molecular flexibility index (Phi) is 5.15. The quantitative estimate of drug-likeness (QED) is 0.732. The van der Waals surface area contributed by atoms with Gasteiger partial charge < -0.3 is 10.2 Å². The Morgan fingerprint density at radius 3 is 2.61 bits per heavy atom. The summed E-state index contributed by atoms with van der Waals surface area (Å²) in [5.41, 5.74) is 4.04. The minimum atomic E-state index is -0.0467. The first-order chi connectivity index (χ1) is 13.6. The summed E-state index contributed by atoms with van der Waals surface area (Å²) in [4.78, 5) is 14.9. The van der Waals surface area contributed by atoms with E-state index in [1.54, 1.807) is 0 Å². The summed E-state index contributed by atoms with van der Waals surface area (Å²) in [5.74, 6) is 1.14. The van der Waals surface area contributed by atoms with Gasteiger partial charge in [-0.05, 0) is 43.5 Å². The summed E-state index contributed by atoms with van der Waals surface area (Å²) in [6.45, 7) is 6.88. The number of benzene rings is 2. The fourth-order valence-electron chi connectivity index (χ4n) is 3.72. The second kappa shape index (κ2) is 7.89. The summed E-state index contributed by atoms with van der Waals surface area (Å²) in [6, 6.07) is 20.0. The van der Waals surface area contributed by atoms with E-state index in [1.807, 2.05) is 68.4 Å². The molecule has 1 aliphatic heterocycles. The maximum atomic E-state index is 12.6. The summed E-state index contributed by atoms with van der Waals surface area (Å²) in [5, 5.41) is 7.62. The molecule has 0 spiro atoms.